The molecule has 0 aromatic heterocycles. The number of ether oxygens (including phenoxy) is 2. The normalized spacial score (nSPS) is 22.4. The zero-order chi connectivity index (χ0) is 18.0. The van der Waals surface area contributed by atoms with Crippen LogP contribution in [0.4, 0.5) is 5.69 Å². The van der Waals surface area contributed by atoms with E-state index >= 15 is 0 Å². The van der Waals surface area contributed by atoms with Crippen molar-refractivity contribution in [2.75, 3.05) is 24.8 Å². The first kappa shape index (κ1) is 18.2. The van der Waals surface area contributed by atoms with Crippen molar-refractivity contribution >= 4 is 40.4 Å². The monoisotopic (exact) mass is 428 g/mol. The summed E-state index contributed by atoms with van der Waals surface area (Å²) in [5.41, 5.74) is 0.477. The Morgan fingerprint density at radius 1 is 1.32 bits per heavy atom. The van der Waals surface area contributed by atoms with Gasteiger partial charge in [0.15, 0.2) is 0 Å². The molecule has 7 nitrogen and oxygen atoms in total. The van der Waals surface area contributed by atoms with Gasteiger partial charge in [-0.25, -0.2) is 4.79 Å². The van der Waals surface area contributed by atoms with Crippen LogP contribution in [-0.4, -0.2) is 31.2 Å². The first-order valence-corrected chi connectivity index (χ1v) is 10.4. The van der Waals surface area contributed by atoms with Gasteiger partial charge >= 0.3 is 5.97 Å². The van der Waals surface area contributed by atoms with Gasteiger partial charge in [-0.2, -0.15) is 10.1 Å². The van der Waals surface area contributed by atoms with Gasteiger partial charge in [0.1, 0.15) is 0 Å². The number of anilines is 1. The van der Waals surface area contributed by atoms with Gasteiger partial charge in [0, 0.05) is 10.9 Å². The number of esters is 1. The zero-order valence-corrected chi connectivity index (χ0v) is 16.4. The average molecular weight is 429 g/mol. The molecule has 1 atom stereocenters. The van der Waals surface area contributed by atoms with Crippen LogP contribution in [0.3, 0.4) is 0 Å². The first-order chi connectivity index (χ1) is 12.0. The fourth-order valence-corrected chi connectivity index (χ4v) is 5.12. The second-order valence-corrected chi connectivity index (χ2v) is 8.49. The minimum absolute atomic E-state index is 0.157. The van der Waals surface area contributed by atoms with Gasteiger partial charge in [-0.1, -0.05) is 15.9 Å². The van der Waals surface area contributed by atoms with Gasteiger partial charge in [-0.15, -0.1) is 0 Å². The lowest BCUT2D eigenvalue weighted by molar-refractivity contribution is -0.134. The van der Waals surface area contributed by atoms with E-state index in [1.54, 1.807) is 13.8 Å². The minimum Gasteiger partial charge on any atom is -0.477 e. The molecule has 0 N–H and O–H groups in total. The lowest BCUT2D eigenvalue weighted by atomic mass is 10.3. The molecule has 2 heterocycles. The van der Waals surface area contributed by atoms with Crippen LogP contribution < -0.4 is 5.01 Å². The van der Waals surface area contributed by atoms with Crippen LogP contribution in [0, 0.1) is 0 Å². The smallest absolute Gasteiger partial charge is 0.365 e. The molecule has 0 fully saturated rings. The molecule has 9 heteroatoms. The SMILES string of the molecule is CCOC(=O)C1=NN(c2ccc(Br)cc2)C2=C(CCO2)[P@@]1(=O)OCC. The second kappa shape index (κ2) is 7.32. The summed E-state index contributed by atoms with van der Waals surface area (Å²) in [6, 6.07) is 7.33. The van der Waals surface area contributed by atoms with Crippen molar-refractivity contribution in [3.05, 3.63) is 39.9 Å². The van der Waals surface area contributed by atoms with Gasteiger partial charge in [-0.3, -0.25) is 4.57 Å². The Morgan fingerprint density at radius 2 is 2.04 bits per heavy atom. The summed E-state index contributed by atoms with van der Waals surface area (Å²) in [7, 11) is -3.60. The van der Waals surface area contributed by atoms with Gasteiger partial charge in [0.25, 0.3) is 7.37 Å². The molecule has 1 aromatic carbocycles. The van der Waals surface area contributed by atoms with E-state index in [-0.39, 0.29) is 18.7 Å². The summed E-state index contributed by atoms with van der Waals surface area (Å²) in [6.07, 6.45) is 0.415. The molecule has 2 aliphatic rings. The van der Waals surface area contributed by atoms with Gasteiger partial charge < -0.3 is 14.0 Å². The molecule has 3 rings (SSSR count). The topological polar surface area (TPSA) is 77.4 Å². The molecule has 0 amide bonds. The number of benzene rings is 1. The number of halogens is 1. The molecule has 0 bridgehead atoms. The average Bonchev–Trinajstić information content (AvgIpc) is 3.07. The van der Waals surface area contributed by atoms with Crippen LogP contribution in [0.2, 0.25) is 0 Å². The fourth-order valence-electron chi connectivity index (χ4n) is 2.65. The van der Waals surface area contributed by atoms with Crippen LogP contribution in [0.25, 0.3) is 0 Å². The number of hydrazone groups is 1. The van der Waals surface area contributed by atoms with E-state index in [0.29, 0.717) is 29.9 Å². The van der Waals surface area contributed by atoms with Crippen molar-refractivity contribution in [1.29, 1.82) is 0 Å². The quantitative estimate of drug-likeness (QED) is 0.519. The molecule has 134 valence electrons. The predicted octanol–water partition coefficient (Wildman–Crippen LogP) is 4.05. The maximum atomic E-state index is 13.5. The fraction of sp³-hybridized carbons (Fsp3) is 0.375. The number of carbonyl (C=O) groups is 1. The molecule has 0 radical (unpaired) electrons. The molecule has 0 unspecified atom stereocenters. The van der Waals surface area contributed by atoms with Crippen molar-refractivity contribution in [2.24, 2.45) is 5.10 Å². The highest BCUT2D eigenvalue weighted by Crippen LogP contribution is 2.63. The number of rotatable bonds is 5. The number of carbonyl (C=O) groups excluding carboxylic acids is 1. The van der Waals surface area contributed by atoms with Crippen molar-refractivity contribution in [2.45, 2.75) is 20.3 Å². The van der Waals surface area contributed by atoms with Gasteiger partial charge in [-0.05, 0) is 38.1 Å². The summed E-state index contributed by atoms with van der Waals surface area (Å²) in [5, 5.41) is 6.25. The first-order valence-electron chi connectivity index (χ1n) is 7.94. The van der Waals surface area contributed by atoms with E-state index in [9.17, 15) is 9.36 Å². The summed E-state index contributed by atoms with van der Waals surface area (Å²) in [4.78, 5) is 12.4. The summed E-state index contributed by atoms with van der Waals surface area (Å²) in [6.45, 7) is 4.11. The summed E-state index contributed by atoms with van der Waals surface area (Å²) in [5.74, 6) is -0.369. The van der Waals surface area contributed by atoms with Crippen molar-refractivity contribution in [3.63, 3.8) is 0 Å². The molecular weight excluding hydrogens is 411 g/mol. The van der Waals surface area contributed by atoms with Gasteiger partial charge in [0.05, 0.1) is 30.8 Å². The molecule has 0 saturated heterocycles. The third kappa shape index (κ3) is 3.26. The molecule has 25 heavy (non-hydrogen) atoms. The molecular formula is C16H18BrN2O5P. The largest absolute Gasteiger partial charge is 0.477 e. The Bertz CT molecular complexity index is 790. The number of hydrogen-bond acceptors (Lipinski definition) is 7. The van der Waals surface area contributed by atoms with Crippen LogP contribution in [0.5, 0.6) is 0 Å². The van der Waals surface area contributed by atoms with E-state index in [1.807, 2.05) is 24.3 Å². The van der Waals surface area contributed by atoms with Crippen LogP contribution in [-0.2, 0) is 23.4 Å². The second-order valence-electron chi connectivity index (χ2n) is 5.25. The summed E-state index contributed by atoms with van der Waals surface area (Å²) < 4.78 is 30.6. The van der Waals surface area contributed by atoms with E-state index < -0.39 is 13.3 Å². The van der Waals surface area contributed by atoms with Crippen LogP contribution in [0.15, 0.2) is 45.0 Å². The van der Waals surface area contributed by atoms with E-state index in [2.05, 4.69) is 21.0 Å². The highest BCUT2D eigenvalue weighted by molar-refractivity contribution is 9.10. The maximum Gasteiger partial charge on any atom is 0.365 e. The Labute approximate surface area is 154 Å². The van der Waals surface area contributed by atoms with E-state index in [1.165, 1.54) is 5.01 Å². The number of hydrogen-bond donors (Lipinski definition) is 0. The Hall–Kier alpha value is -1.63. The highest BCUT2D eigenvalue weighted by Gasteiger charge is 2.49. The third-order valence-corrected chi connectivity index (χ3v) is 6.79. The minimum atomic E-state index is -3.60. The van der Waals surface area contributed by atoms with Crippen molar-refractivity contribution in [1.82, 2.24) is 0 Å². The predicted molar refractivity (Wildman–Crippen MR) is 97.5 cm³/mol. The summed E-state index contributed by atoms with van der Waals surface area (Å²) >= 11 is 3.38. The molecule has 0 aliphatic carbocycles. The van der Waals surface area contributed by atoms with Crippen LogP contribution in [0.1, 0.15) is 20.3 Å². The van der Waals surface area contributed by atoms with E-state index in [4.69, 9.17) is 14.0 Å². The number of nitrogens with zero attached hydrogens (tertiary/aromatic N) is 2. The van der Waals surface area contributed by atoms with E-state index in [0.717, 1.165) is 4.47 Å². The maximum absolute atomic E-state index is 13.5. The van der Waals surface area contributed by atoms with Gasteiger partial charge in [0.2, 0.25) is 11.3 Å². The molecule has 2 aliphatic heterocycles. The zero-order valence-electron chi connectivity index (χ0n) is 13.9. The Morgan fingerprint density at radius 3 is 2.68 bits per heavy atom. The van der Waals surface area contributed by atoms with Crippen molar-refractivity contribution < 1.29 is 23.4 Å². The Balaban J connectivity index is 2.12. The Kier molecular flexibility index (Phi) is 5.32. The lowest BCUT2D eigenvalue weighted by Gasteiger charge is -2.29. The lowest BCUT2D eigenvalue weighted by Crippen LogP contribution is -2.30. The standard InChI is InChI=1S/C16H18BrN2O5P/c1-3-22-16(20)14-18-19(12-7-5-11(17)6-8-12)15-13(9-10-23-15)25(14,21)24-4-2/h5-8H,3-4,9-10H2,1-2H3/t25-/m1/s1. The van der Waals surface area contributed by atoms with Crippen molar-refractivity contribution in [3.8, 4) is 0 Å². The third-order valence-electron chi connectivity index (χ3n) is 3.69. The van der Waals surface area contributed by atoms with Crippen LogP contribution >= 0.6 is 23.3 Å². The molecule has 0 saturated carbocycles. The highest BCUT2D eigenvalue weighted by atomic mass is 79.9. The molecule has 0 spiro atoms. The molecule has 1 aromatic rings.